The van der Waals surface area contributed by atoms with Gasteiger partial charge in [0.15, 0.2) is 5.82 Å². The minimum Gasteiger partial charge on any atom is -0.488 e. The number of aromatic nitrogens is 2. The molecular weight excluding hydrogens is 518 g/mol. The summed E-state index contributed by atoms with van der Waals surface area (Å²) in [6.07, 6.45) is 12.6. The fraction of sp³-hybridized carbons (Fsp3) is 0.613. The van der Waals surface area contributed by atoms with Crippen LogP contribution in [-0.4, -0.2) is 78.1 Å². The topological polar surface area (TPSA) is 103 Å². The average Bonchev–Trinajstić information content (AvgIpc) is 3.69. The van der Waals surface area contributed by atoms with E-state index >= 15 is 0 Å². The Hall–Kier alpha value is -3.40. The first kappa shape index (κ1) is 27.8. The van der Waals surface area contributed by atoms with Crippen LogP contribution in [0.4, 0.5) is 23.1 Å². The third-order valence-electron chi connectivity index (χ3n) is 9.32. The molecule has 220 valence electrons. The third-order valence-corrected chi connectivity index (χ3v) is 9.32. The van der Waals surface area contributed by atoms with Crippen LogP contribution in [0.5, 0.6) is 5.75 Å². The second kappa shape index (κ2) is 11.8. The summed E-state index contributed by atoms with van der Waals surface area (Å²) >= 11 is 0. The Morgan fingerprint density at radius 3 is 2.44 bits per heavy atom. The average molecular weight is 562 g/mol. The van der Waals surface area contributed by atoms with Crippen LogP contribution in [0, 0.1) is 0 Å². The molecule has 2 N–H and O–H groups in total. The van der Waals surface area contributed by atoms with Gasteiger partial charge in [-0.3, -0.25) is 9.59 Å². The van der Waals surface area contributed by atoms with Crippen LogP contribution in [-0.2, 0) is 4.79 Å². The van der Waals surface area contributed by atoms with E-state index in [0.29, 0.717) is 23.3 Å². The molecule has 41 heavy (non-hydrogen) atoms. The summed E-state index contributed by atoms with van der Waals surface area (Å²) in [4.78, 5) is 41.9. The maximum atomic E-state index is 13.2. The van der Waals surface area contributed by atoms with Gasteiger partial charge in [0.1, 0.15) is 17.5 Å². The highest BCUT2D eigenvalue weighted by molar-refractivity contribution is 6.04. The molecule has 0 unspecified atom stereocenters. The molecule has 2 saturated carbocycles. The van der Waals surface area contributed by atoms with Gasteiger partial charge in [-0.05, 0) is 96.6 Å². The van der Waals surface area contributed by atoms with Crippen LogP contribution >= 0.6 is 0 Å². The number of carbonyl (C=O) groups is 2. The summed E-state index contributed by atoms with van der Waals surface area (Å²) in [7, 11) is 3.91. The monoisotopic (exact) mass is 561 g/mol. The van der Waals surface area contributed by atoms with Crippen molar-refractivity contribution >= 4 is 35.0 Å². The number of nitrogens with zero attached hydrogens (tertiary/aromatic N) is 5. The highest BCUT2D eigenvalue weighted by atomic mass is 16.5. The lowest BCUT2D eigenvalue weighted by atomic mass is 10.0. The lowest BCUT2D eigenvalue weighted by molar-refractivity contribution is -0.119. The highest BCUT2D eigenvalue weighted by Gasteiger charge is 2.39. The predicted molar refractivity (Wildman–Crippen MR) is 160 cm³/mol. The molecule has 1 aromatic carbocycles. The molecule has 2 aliphatic carbocycles. The fourth-order valence-electron chi connectivity index (χ4n) is 6.82. The molecule has 6 rings (SSSR count). The molecule has 4 aliphatic rings. The first-order valence-electron chi connectivity index (χ1n) is 15.4. The number of hydrogen-bond donors (Lipinski definition) is 2. The molecular formula is C31H43N7O3. The van der Waals surface area contributed by atoms with Gasteiger partial charge in [0.25, 0.3) is 5.91 Å². The molecule has 3 heterocycles. The van der Waals surface area contributed by atoms with E-state index in [1.165, 1.54) is 12.8 Å². The zero-order valence-electron chi connectivity index (χ0n) is 24.6. The van der Waals surface area contributed by atoms with Crippen LogP contribution in [0.1, 0.15) is 81.5 Å². The Kier molecular flexibility index (Phi) is 8.01. The Morgan fingerprint density at radius 1 is 1.00 bits per heavy atom. The molecule has 1 aromatic heterocycles. The molecule has 2 aliphatic heterocycles. The number of fused-ring (bicyclic) bond motifs is 1. The van der Waals surface area contributed by atoms with Gasteiger partial charge in [-0.1, -0.05) is 12.8 Å². The number of hydrogen-bond acceptors (Lipinski definition) is 8. The molecule has 0 radical (unpaired) electrons. The maximum absolute atomic E-state index is 13.2. The number of piperidine rings is 1. The fourth-order valence-corrected chi connectivity index (χ4v) is 6.82. The zero-order chi connectivity index (χ0) is 28.5. The van der Waals surface area contributed by atoms with Crippen molar-refractivity contribution in [3.05, 3.63) is 30.0 Å². The van der Waals surface area contributed by atoms with Gasteiger partial charge in [0, 0.05) is 24.7 Å². The van der Waals surface area contributed by atoms with Gasteiger partial charge in [0.05, 0.1) is 18.0 Å². The van der Waals surface area contributed by atoms with Gasteiger partial charge in [-0.15, -0.1) is 0 Å². The van der Waals surface area contributed by atoms with E-state index in [1.807, 2.05) is 25.1 Å². The molecule has 3 fully saturated rings. The number of anilines is 4. The molecule has 2 amide bonds. The molecule has 1 atom stereocenters. The summed E-state index contributed by atoms with van der Waals surface area (Å²) < 4.78 is 6.47. The summed E-state index contributed by atoms with van der Waals surface area (Å²) in [6.45, 7) is 3.95. The largest absolute Gasteiger partial charge is 0.488 e. The third kappa shape index (κ3) is 5.84. The second-order valence-electron chi connectivity index (χ2n) is 12.2. The lowest BCUT2D eigenvalue weighted by Crippen LogP contribution is -2.54. The molecule has 10 nitrogen and oxygen atoms in total. The van der Waals surface area contributed by atoms with E-state index < -0.39 is 0 Å². The molecule has 1 saturated heterocycles. The van der Waals surface area contributed by atoms with Crippen molar-refractivity contribution in [3.63, 3.8) is 0 Å². The van der Waals surface area contributed by atoms with Crippen LogP contribution in [0.3, 0.4) is 0 Å². The van der Waals surface area contributed by atoms with Crippen molar-refractivity contribution in [1.29, 1.82) is 0 Å². The highest BCUT2D eigenvalue weighted by Crippen LogP contribution is 2.40. The summed E-state index contributed by atoms with van der Waals surface area (Å²) in [5.41, 5.74) is 2.05. The molecule has 0 spiro atoms. The minimum absolute atomic E-state index is 0.0649. The summed E-state index contributed by atoms with van der Waals surface area (Å²) in [5, 5.41) is 6.61. The number of likely N-dealkylation sites (N-methyl/N-ethyl adjacent to an activating group) is 1. The number of benzene rings is 1. The molecule has 2 aromatic rings. The molecule has 10 heteroatoms. The van der Waals surface area contributed by atoms with Crippen molar-refractivity contribution < 1.29 is 14.3 Å². The van der Waals surface area contributed by atoms with Crippen LogP contribution < -0.4 is 25.2 Å². The van der Waals surface area contributed by atoms with E-state index in [4.69, 9.17) is 9.72 Å². The van der Waals surface area contributed by atoms with E-state index in [-0.39, 0.29) is 30.0 Å². The van der Waals surface area contributed by atoms with Gasteiger partial charge < -0.3 is 30.1 Å². The predicted octanol–water partition coefficient (Wildman–Crippen LogP) is 4.48. The Bertz CT molecular complexity index is 1270. The minimum atomic E-state index is -0.276. The number of nitrogens with one attached hydrogen (secondary N) is 2. The quantitative estimate of drug-likeness (QED) is 0.510. The van der Waals surface area contributed by atoms with Gasteiger partial charge in [-0.2, -0.15) is 4.98 Å². The van der Waals surface area contributed by atoms with Gasteiger partial charge >= 0.3 is 0 Å². The number of amides is 2. The van der Waals surface area contributed by atoms with E-state index in [2.05, 4.69) is 32.5 Å². The van der Waals surface area contributed by atoms with Crippen molar-refractivity contribution in [3.8, 4) is 5.75 Å². The van der Waals surface area contributed by atoms with E-state index in [9.17, 15) is 9.59 Å². The zero-order valence-corrected chi connectivity index (χ0v) is 24.6. The number of carbonyl (C=O) groups excluding carboxylic acids is 2. The van der Waals surface area contributed by atoms with Gasteiger partial charge in [0.2, 0.25) is 11.9 Å². The normalized spacial score (nSPS) is 22.7. The first-order chi connectivity index (χ1) is 19.9. The SMILES string of the molecule is C[C@@H]1C(=O)N(C)c2cnc(Nc3ccc(C(=O)NC4CCN(C)CC4)cc3OC3CCCC3)nc2N1C1CCCC1. The Balaban J connectivity index is 1.27. The Morgan fingerprint density at radius 2 is 1.71 bits per heavy atom. The Labute approximate surface area is 242 Å². The van der Waals surface area contributed by atoms with Crippen molar-refractivity contribution in [2.24, 2.45) is 0 Å². The van der Waals surface area contributed by atoms with Crippen molar-refractivity contribution in [2.75, 3.05) is 42.3 Å². The second-order valence-corrected chi connectivity index (χ2v) is 12.2. The summed E-state index contributed by atoms with van der Waals surface area (Å²) in [6, 6.07) is 5.79. The van der Waals surface area contributed by atoms with E-state index in [1.54, 1.807) is 18.1 Å². The van der Waals surface area contributed by atoms with Crippen LogP contribution in [0.25, 0.3) is 0 Å². The van der Waals surface area contributed by atoms with E-state index in [0.717, 1.165) is 81.6 Å². The van der Waals surface area contributed by atoms with Crippen LogP contribution in [0.2, 0.25) is 0 Å². The van der Waals surface area contributed by atoms with Crippen molar-refractivity contribution in [2.45, 2.75) is 95.4 Å². The van der Waals surface area contributed by atoms with Gasteiger partial charge in [-0.25, -0.2) is 4.98 Å². The van der Waals surface area contributed by atoms with Crippen molar-refractivity contribution in [1.82, 2.24) is 20.2 Å². The number of ether oxygens (including phenoxy) is 1. The number of likely N-dealkylation sites (tertiary alicyclic amines) is 1. The number of rotatable bonds is 7. The summed E-state index contributed by atoms with van der Waals surface area (Å²) in [5.74, 6) is 1.87. The smallest absolute Gasteiger partial charge is 0.251 e. The standard InChI is InChI=1S/C31H43N7O3/c1-20-30(40)37(3)26-19-32-31(35-28(26)38(20)23-8-4-5-9-23)34-25-13-12-21(18-27(25)41-24-10-6-7-11-24)29(39)33-22-14-16-36(2)17-15-22/h12-13,18-20,22-24H,4-11,14-17H2,1-3H3,(H,33,39)(H,32,34,35)/t20-/m1/s1. The molecule has 0 bridgehead atoms. The lowest BCUT2D eigenvalue weighted by Gasteiger charge is -2.42. The first-order valence-corrected chi connectivity index (χ1v) is 15.4. The maximum Gasteiger partial charge on any atom is 0.251 e. The van der Waals surface area contributed by atoms with Crippen LogP contribution in [0.15, 0.2) is 24.4 Å².